The van der Waals surface area contributed by atoms with Gasteiger partial charge in [-0.15, -0.1) is 0 Å². The molecule has 6 nitrogen and oxygen atoms in total. The van der Waals surface area contributed by atoms with Crippen molar-refractivity contribution in [3.63, 3.8) is 0 Å². The minimum Gasteiger partial charge on any atom is -0.496 e. The zero-order valence-corrected chi connectivity index (χ0v) is 15.3. The van der Waals surface area contributed by atoms with Crippen molar-refractivity contribution in [3.8, 4) is 22.8 Å². The molecule has 0 saturated heterocycles. The molecule has 1 heterocycles. The Labute approximate surface area is 157 Å². The Hall–Kier alpha value is -3.28. The van der Waals surface area contributed by atoms with E-state index in [-0.39, 0.29) is 5.91 Å². The van der Waals surface area contributed by atoms with Gasteiger partial charge in [0.25, 0.3) is 5.91 Å². The van der Waals surface area contributed by atoms with Crippen molar-refractivity contribution in [2.75, 3.05) is 19.5 Å². The van der Waals surface area contributed by atoms with Gasteiger partial charge in [-0.05, 0) is 37.1 Å². The molecule has 0 spiro atoms. The number of nitrogens with zero attached hydrogens (tertiary/aromatic N) is 1. The van der Waals surface area contributed by atoms with Crippen molar-refractivity contribution in [3.05, 3.63) is 59.8 Å². The van der Waals surface area contributed by atoms with Gasteiger partial charge in [0.05, 0.1) is 31.2 Å². The Balaban J connectivity index is 1.75. The molecule has 4 rings (SSSR count). The van der Waals surface area contributed by atoms with Crippen LogP contribution in [-0.4, -0.2) is 30.3 Å². The highest BCUT2D eigenvalue weighted by Crippen LogP contribution is 2.46. The molecular weight excluding hydrogens is 342 g/mol. The van der Waals surface area contributed by atoms with Gasteiger partial charge in [0, 0.05) is 11.5 Å². The predicted octanol–water partition coefficient (Wildman–Crippen LogP) is 4.22. The van der Waals surface area contributed by atoms with E-state index in [2.05, 4.69) is 15.5 Å². The fourth-order valence-electron chi connectivity index (χ4n) is 3.20. The molecular formula is C21H21N3O3. The molecule has 1 fully saturated rings. The van der Waals surface area contributed by atoms with E-state index >= 15 is 0 Å². The fourth-order valence-corrected chi connectivity index (χ4v) is 3.20. The summed E-state index contributed by atoms with van der Waals surface area (Å²) in [4.78, 5) is 13.0. The van der Waals surface area contributed by atoms with E-state index in [1.165, 1.54) is 0 Å². The Morgan fingerprint density at radius 1 is 1.04 bits per heavy atom. The lowest BCUT2D eigenvalue weighted by atomic mass is 10.1. The van der Waals surface area contributed by atoms with Crippen LogP contribution in [0, 0.1) is 0 Å². The van der Waals surface area contributed by atoms with Crippen LogP contribution in [0.3, 0.4) is 0 Å². The van der Waals surface area contributed by atoms with Gasteiger partial charge in [0.15, 0.2) is 0 Å². The number of hydrogen-bond acceptors (Lipinski definition) is 4. The smallest absolute Gasteiger partial charge is 0.259 e. The first kappa shape index (κ1) is 17.1. The molecule has 0 unspecified atom stereocenters. The van der Waals surface area contributed by atoms with Gasteiger partial charge >= 0.3 is 0 Å². The Morgan fingerprint density at radius 3 is 2.41 bits per heavy atom. The number of carbonyl (C=O) groups excluding carboxylic acids is 1. The van der Waals surface area contributed by atoms with Gasteiger partial charge in [-0.25, -0.2) is 0 Å². The number of benzene rings is 2. The standard InChI is InChI=1S/C21H21N3O3/c1-26-16-9-5-3-7-14(16)19-20(18(23-24-19)13-11-12-13)22-21(25)15-8-4-6-10-17(15)27-2/h3-10,13H,11-12H2,1-2H3,(H,22,25)(H,23,24). The summed E-state index contributed by atoms with van der Waals surface area (Å²) in [7, 11) is 3.18. The van der Waals surface area contributed by atoms with Crippen molar-refractivity contribution < 1.29 is 14.3 Å². The molecule has 1 amide bonds. The molecule has 2 N–H and O–H groups in total. The lowest BCUT2D eigenvalue weighted by Gasteiger charge is -2.12. The number of aromatic amines is 1. The highest BCUT2D eigenvalue weighted by molar-refractivity contribution is 6.08. The molecule has 27 heavy (non-hydrogen) atoms. The minimum absolute atomic E-state index is 0.230. The van der Waals surface area contributed by atoms with Crippen molar-refractivity contribution >= 4 is 11.6 Å². The normalized spacial score (nSPS) is 13.3. The van der Waals surface area contributed by atoms with Crippen LogP contribution in [-0.2, 0) is 0 Å². The summed E-state index contributed by atoms with van der Waals surface area (Å²) in [5, 5.41) is 10.7. The van der Waals surface area contributed by atoms with E-state index in [1.54, 1.807) is 26.4 Å². The first-order chi connectivity index (χ1) is 13.2. The maximum atomic E-state index is 13.0. The van der Waals surface area contributed by atoms with Crippen LogP contribution in [0.2, 0.25) is 0 Å². The molecule has 1 aromatic heterocycles. The van der Waals surface area contributed by atoms with Crippen LogP contribution >= 0.6 is 0 Å². The van der Waals surface area contributed by atoms with E-state index in [0.717, 1.165) is 24.1 Å². The maximum absolute atomic E-state index is 13.0. The summed E-state index contributed by atoms with van der Waals surface area (Å²) >= 11 is 0. The third-order valence-electron chi connectivity index (χ3n) is 4.73. The Kier molecular flexibility index (Phi) is 4.54. The highest BCUT2D eigenvalue weighted by atomic mass is 16.5. The monoisotopic (exact) mass is 363 g/mol. The summed E-state index contributed by atoms with van der Waals surface area (Å²) in [5.74, 6) is 1.41. The maximum Gasteiger partial charge on any atom is 0.259 e. The molecule has 3 aromatic rings. The Morgan fingerprint density at radius 2 is 1.70 bits per heavy atom. The number of nitrogens with one attached hydrogen (secondary N) is 2. The van der Waals surface area contributed by atoms with E-state index in [1.807, 2.05) is 36.4 Å². The van der Waals surface area contributed by atoms with E-state index in [4.69, 9.17) is 9.47 Å². The van der Waals surface area contributed by atoms with Crippen LogP contribution in [0.4, 0.5) is 5.69 Å². The zero-order chi connectivity index (χ0) is 18.8. The largest absolute Gasteiger partial charge is 0.496 e. The van der Waals surface area contributed by atoms with E-state index < -0.39 is 0 Å². The van der Waals surface area contributed by atoms with Gasteiger partial charge in [-0.3, -0.25) is 9.89 Å². The molecule has 0 radical (unpaired) electrons. The zero-order valence-electron chi connectivity index (χ0n) is 15.3. The third kappa shape index (κ3) is 3.26. The summed E-state index contributed by atoms with van der Waals surface area (Å²) in [6.07, 6.45) is 2.18. The van der Waals surface area contributed by atoms with Crippen LogP contribution < -0.4 is 14.8 Å². The van der Waals surface area contributed by atoms with E-state index in [9.17, 15) is 4.79 Å². The quantitative estimate of drug-likeness (QED) is 0.687. The number of aromatic nitrogens is 2. The second-order valence-electron chi connectivity index (χ2n) is 6.49. The summed E-state index contributed by atoms with van der Waals surface area (Å²) in [6.45, 7) is 0. The number of rotatable bonds is 6. The average Bonchev–Trinajstić information content (AvgIpc) is 3.48. The van der Waals surface area contributed by atoms with Crippen molar-refractivity contribution in [1.29, 1.82) is 0 Å². The van der Waals surface area contributed by atoms with Crippen LogP contribution in [0.15, 0.2) is 48.5 Å². The predicted molar refractivity (Wildman–Crippen MR) is 103 cm³/mol. The SMILES string of the molecule is COc1ccccc1C(=O)Nc1c(-c2ccccc2OC)n[nH]c1C1CC1. The molecule has 0 bridgehead atoms. The number of H-pyrrole nitrogens is 1. The van der Waals surface area contributed by atoms with Gasteiger partial charge in [-0.2, -0.15) is 5.10 Å². The van der Waals surface area contributed by atoms with Gasteiger partial charge < -0.3 is 14.8 Å². The number of carbonyl (C=O) groups is 1. The van der Waals surface area contributed by atoms with Gasteiger partial charge in [-0.1, -0.05) is 24.3 Å². The lowest BCUT2D eigenvalue weighted by molar-refractivity contribution is 0.102. The Bertz CT molecular complexity index is 976. The number of methoxy groups -OCH3 is 2. The van der Waals surface area contributed by atoms with Crippen LogP contribution in [0.25, 0.3) is 11.3 Å². The van der Waals surface area contributed by atoms with Crippen molar-refractivity contribution in [2.24, 2.45) is 0 Å². The molecule has 1 aliphatic carbocycles. The third-order valence-corrected chi connectivity index (χ3v) is 4.73. The summed E-state index contributed by atoms with van der Waals surface area (Å²) < 4.78 is 10.8. The van der Waals surface area contributed by atoms with Gasteiger partial charge in [0.1, 0.15) is 17.2 Å². The molecule has 0 atom stereocenters. The number of anilines is 1. The molecule has 138 valence electrons. The number of hydrogen-bond donors (Lipinski definition) is 2. The second kappa shape index (κ2) is 7.15. The van der Waals surface area contributed by atoms with Crippen molar-refractivity contribution in [2.45, 2.75) is 18.8 Å². The van der Waals surface area contributed by atoms with Crippen molar-refractivity contribution in [1.82, 2.24) is 10.2 Å². The number of amides is 1. The van der Waals surface area contributed by atoms with E-state index in [0.29, 0.717) is 34.4 Å². The topological polar surface area (TPSA) is 76.2 Å². The highest BCUT2D eigenvalue weighted by Gasteiger charge is 2.31. The molecule has 1 aliphatic rings. The molecule has 6 heteroatoms. The molecule has 0 aliphatic heterocycles. The summed E-state index contributed by atoms with van der Waals surface area (Å²) in [6, 6.07) is 14.8. The first-order valence-corrected chi connectivity index (χ1v) is 8.89. The van der Waals surface area contributed by atoms with Crippen LogP contribution in [0.5, 0.6) is 11.5 Å². The first-order valence-electron chi connectivity index (χ1n) is 8.89. The van der Waals surface area contributed by atoms with Gasteiger partial charge in [0.2, 0.25) is 0 Å². The lowest BCUT2D eigenvalue weighted by Crippen LogP contribution is -2.14. The molecule has 2 aromatic carbocycles. The number of ether oxygens (including phenoxy) is 2. The van der Waals surface area contributed by atoms with Crippen LogP contribution in [0.1, 0.15) is 34.8 Å². The second-order valence-corrected chi connectivity index (χ2v) is 6.49. The average molecular weight is 363 g/mol. The number of para-hydroxylation sites is 2. The summed E-state index contributed by atoms with van der Waals surface area (Å²) in [5.41, 5.74) is 3.65. The molecule has 1 saturated carbocycles. The minimum atomic E-state index is -0.230. The fraction of sp³-hybridized carbons (Fsp3) is 0.238.